The lowest BCUT2D eigenvalue weighted by Gasteiger charge is -2.33. The van der Waals surface area contributed by atoms with E-state index in [1.807, 2.05) is 0 Å². The number of rotatable bonds is 8. The van der Waals surface area contributed by atoms with E-state index in [0.717, 1.165) is 30.0 Å². The molecule has 5 unspecified atom stereocenters. The average Bonchev–Trinajstić information content (AvgIpc) is 3.28. The van der Waals surface area contributed by atoms with Crippen LogP contribution in [0.1, 0.15) is 86.0 Å². The first-order chi connectivity index (χ1) is 13.0. The summed E-state index contributed by atoms with van der Waals surface area (Å²) in [5.41, 5.74) is 0. The van der Waals surface area contributed by atoms with Gasteiger partial charge in [0.2, 0.25) is 0 Å². The molecule has 3 aliphatic heterocycles. The van der Waals surface area contributed by atoms with Crippen LogP contribution in [0.4, 0.5) is 0 Å². The lowest BCUT2D eigenvalue weighted by Crippen LogP contribution is -2.38. The Morgan fingerprint density at radius 2 is 1.56 bits per heavy atom. The van der Waals surface area contributed by atoms with Crippen molar-refractivity contribution < 1.29 is 0 Å². The van der Waals surface area contributed by atoms with Gasteiger partial charge in [-0.2, -0.15) is 0 Å². The number of nitrogens with zero attached hydrogens (tertiary/aromatic N) is 3. The third-order valence-corrected chi connectivity index (χ3v) is 8.22. The van der Waals surface area contributed by atoms with Gasteiger partial charge in [0, 0.05) is 30.7 Å². The molecule has 0 N–H and O–H groups in total. The highest BCUT2D eigenvalue weighted by Crippen LogP contribution is 2.32. The average molecular weight is 378 g/mol. The zero-order valence-electron chi connectivity index (χ0n) is 19.0. The van der Waals surface area contributed by atoms with Crippen LogP contribution >= 0.6 is 0 Å². The van der Waals surface area contributed by atoms with Gasteiger partial charge in [0.25, 0.3) is 0 Å². The molecule has 0 amide bonds. The third kappa shape index (κ3) is 5.70. The molecule has 3 saturated heterocycles. The summed E-state index contributed by atoms with van der Waals surface area (Å²) in [7, 11) is 0. The summed E-state index contributed by atoms with van der Waals surface area (Å²) in [6, 6.07) is 3.06. The van der Waals surface area contributed by atoms with Gasteiger partial charge >= 0.3 is 0 Å². The van der Waals surface area contributed by atoms with Gasteiger partial charge in [-0.15, -0.1) is 0 Å². The Balaban J connectivity index is 1.37. The molecule has 3 aliphatic rings. The summed E-state index contributed by atoms with van der Waals surface area (Å²) < 4.78 is 0. The van der Waals surface area contributed by atoms with Crippen LogP contribution in [-0.2, 0) is 0 Å². The normalized spacial score (nSPS) is 33.8. The fraction of sp³-hybridized carbons (Fsp3) is 1.00. The van der Waals surface area contributed by atoms with Crippen molar-refractivity contribution in [3.05, 3.63) is 0 Å². The molecular formula is C24H47N3. The van der Waals surface area contributed by atoms with Crippen molar-refractivity contribution in [2.24, 2.45) is 11.8 Å². The first-order valence-corrected chi connectivity index (χ1v) is 12.2. The summed E-state index contributed by atoms with van der Waals surface area (Å²) in [5.74, 6) is 1.86. The first kappa shape index (κ1) is 21.6. The molecule has 0 radical (unpaired) electrons. The van der Waals surface area contributed by atoms with Crippen LogP contribution in [0.3, 0.4) is 0 Å². The number of hydrogen-bond acceptors (Lipinski definition) is 3. The Bertz CT molecular complexity index is 431. The summed E-state index contributed by atoms with van der Waals surface area (Å²) >= 11 is 0. The lowest BCUT2D eigenvalue weighted by atomic mass is 9.93. The van der Waals surface area contributed by atoms with Crippen molar-refractivity contribution >= 4 is 0 Å². The molecule has 0 aromatic rings. The Kier molecular flexibility index (Phi) is 8.05. The van der Waals surface area contributed by atoms with Crippen LogP contribution in [-0.4, -0.2) is 71.6 Å². The molecule has 5 atom stereocenters. The van der Waals surface area contributed by atoms with E-state index in [9.17, 15) is 0 Å². The minimum absolute atomic E-state index is 0.707. The molecule has 0 saturated carbocycles. The highest BCUT2D eigenvalue weighted by Gasteiger charge is 2.35. The Hall–Kier alpha value is -0.120. The van der Waals surface area contributed by atoms with Gasteiger partial charge < -0.3 is 9.80 Å². The van der Waals surface area contributed by atoms with E-state index in [4.69, 9.17) is 0 Å². The van der Waals surface area contributed by atoms with Gasteiger partial charge in [0.05, 0.1) is 0 Å². The summed E-state index contributed by atoms with van der Waals surface area (Å²) in [6.07, 6.45) is 11.4. The molecule has 0 bridgehead atoms. The number of piperidine rings is 1. The second-order valence-corrected chi connectivity index (χ2v) is 10.4. The van der Waals surface area contributed by atoms with E-state index in [0.29, 0.717) is 6.04 Å². The van der Waals surface area contributed by atoms with Crippen LogP contribution in [0.15, 0.2) is 0 Å². The van der Waals surface area contributed by atoms with Gasteiger partial charge in [-0.1, -0.05) is 6.42 Å². The van der Waals surface area contributed by atoms with Crippen molar-refractivity contribution in [1.82, 2.24) is 14.7 Å². The minimum Gasteiger partial charge on any atom is -0.301 e. The summed E-state index contributed by atoms with van der Waals surface area (Å²) in [4.78, 5) is 8.29. The number of hydrogen-bond donors (Lipinski definition) is 0. The van der Waals surface area contributed by atoms with Crippen molar-refractivity contribution in [3.8, 4) is 0 Å². The van der Waals surface area contributed by atoms with Crippen molar-refractivity contribution in [1.29, 1.82) is 0 Å². The molecule has 3 heterocycles. The molecule has 3 fully saturated rings. The zero-order chi connectivity index (χ0) is 19.4. The Morgan fingerprint density at radius 1 is 0.815 bits per heavy atom. The van der Waals surface area contributed by atoms with Crippen LogP contribution in [0.2, 0.25) is 0 Å². The minimum atomic E-state index is 0.707. The second-order valence-electron chi connectivity index (χ2n) is 10.4. The Morgan fingerprint density at radius 3 is 2.22 bits per heavy atom. The standard InChI is InChI=1S/C24H47N3/c1-19(2)27-16-12-24(22(27)5)17-21(4)26-15-11-23(18-26)10-9-20(3)25-13-7-6-8-14-25/h19-24H,6-18H2,1-5H3. The molecule has 3 nitrogen and oxygen atoms in total. The zero-order valence-corrected chi connectivity index (χ0v) is 19.0. The van der Waals surface area contributed by atoms with Gasteiger partial charge in [0.1, 0.15) is 0 Å². The molecule has 0 aromatic heterocycles. The van der Waals surface area contributed by atoms with E-state index in [-0.39, 0.29) is 0 Å². The predicted molar refractivity (Wildman–Crippen MR) is 117 cm³/mol. The van der Waals surface area contributed by atoms with Crippen LogP contribution in [0, 0.1) is 11.8 Å². The molecular weight excluding hydrogens is 330 g/mol. The highest BCUT2D eigenvalue weighted by atomic mass is 15.2. The van der Waals surface area contributed by atoms with E-state index in [1.165, 1.54) is 84.1 Å². The molecule has 3 rings (SSSR count). The molecule has 27 heavy (non-hydrogen) atoms. The molecule has 0 aromatic carbocycles. The molecule has 0 spiro atoms. The first-order valence-electron chi connectivity index (χ1n) is 12.2. The van der Waals surface area contributed by atoms with Gasteiger partial charge in [-0.25, -0.2) is 0 Å². The van der Waals surface area contributed by atoms with Crippen molar-refractivity contribution in [2.75, 3.05) is 32.7 Å². The van der Waals surface area contributed by atoms with Crippen molar-refractivity contribution in [3.63, 3.8) is 0 Å². The van der Waals surface area contributed by atoms with Gasteiger partial charge in [-0.3, -0.25) is 4.90 Å². The topological polar surface area (TPSA) is 9.72 Å². The highest BCUT2D eigenvalue weighted by molar-refractivity contribution is 4.89. The largest absolute Gasteiger partial charge is 0.301 e. The fourth-order valence-corrected chi connectivity index (χ4v) is 6.18. The second kappa shape index (κ2) is 10.1. The monoisotopic (exact) mass is 377 g/mol. The number of likely N-dealkylation sites (tertiary alicyclic amines) is 3. The lowest BCUT2D eigenvalue weighted by molar-refractivity contribution is 0.155. The third-order valence-electron chi connectivity index (χ3n) is 8.22. The van der Waals surface area contributed by atoms with Crippen LogP contribution in [0.5, 0.6) is 0 Å². The van der Waals surface area contributed by atoms with E-state index >= 15 is 0 Å². The molecule has 3 heteroatoms. The Labute approximate surface area is 169 Å². The smallest absolute Gasteiger partial charge is 0.00989 e. The quantitative estimate of drug-likeness (QED) is 0.598. The van der Waals surface area contributed by atoms with Gasteiger partial charge in [0.15, 0.2) is 0 Å². The van der Waals surface area contributed by atoms with E-state index in [2.05, 4.69) is 49.3 Å². The summed E-state index contributed by atoms with van der Waals surface area (Å²) in [6.45, 7) is 18.9. The maximum absolute atomic E-state index is 2.82. The van der Waals surface area contributed by atoms with Crippen molar-refractivity contribution in [2.45, 2.75) is 110 Å². The van der Waals surface area contributed by atoms with E-state index < -0.39 is 0 Å². The maximum atomic E-state index is 2.82. The predicted octanol–water partition coefficient (Wildman–Crippen LogP) is 4.86. The molecule has 158 valence electrons. The van der Waals surface area contributed by atoms with Crippen LogP contribution < -0.4 is 0 Å². The summed E-state index contributed by atoms with van der Waals surface area (Å²) in [5, 5.41) is 0. The van der Waals surface area contributed by atoms with Gasteiger partial charge in [-0.05, 0) is 118 Å². The maximum Gasteiger partial charge on any atom is 0.00989 e. The SMILES string of the molecule is CC(CCC1CCN(C(C)CC2CCN(C(C)C)C2C)C1)N1CCCCC1. The van der Waals surface area contributed by atoms with E-state index in [1.54, 1.807) is 0 Å². The van der Waals surface area contributed by atoms with Crippen LogP contribution in [0.25, 0.3) is 0 Å². The fourth-order valence-electron chi connectivity index (χ4n) is 6.18. The molecule has 0 aliphatic carbocycles.